The van der Waals surface area contributed by atoms with Crippen LogP contribution in [0.2, 0.25) is 0 Å². The Balaban J connectivity index is 1.70. The molecule has 10 heteroatoms. The van der Waals surface area contributed by atoms with Crippen molar-refractivity contribution in [3.05, 3.63) is 118 Å². The van der Waals surface area contributed by atoms with Gasteiger partial charge in [-0.25, -0.2) is 0 Å². The summed E-state index contributed by atoms with van der Waals surface area (Å²) in [6.07, 6.45) is 0. The van der Waals surface area contributed by atoms with Crippen LogP contribution in [0.4, 0.5) is 11.4 Å². The molecule has 0 unspecified atom stereocenters. The largest absolute Gasteiger partial charge is 0.497 e. The van der Waals surface area contributed by atoms with Gasteiger partial charge >= 0.3 is 0 Å². The summed E-state index contributed by atoms with van der Waals surface area (Å²) in [7, 11) is -1.79. The van der Waals surface area contributed by atoms with Crippen LogP contribution in [-0.4, -0.2) is 36.2 Å². The normalized spacial score (nSPS) is 12.2. The number of benzene rings is 4. The van der Waals surface area contributed by atoms with Crippen molar-refractivity contribution in [2.75, 3.05) is 12.4 Å². The average Bonchev–Trinajstić information content (AvgIpc) is 2.98. The summed E-state index contributed by atoms with van der Waals surface area (Å²) in [5.41, 5.74) is 1.61. The summed E-state index contributed by atoms with van der Waals surface area (Å²) in [4.78, 5) is 41.2. The average molecular weight is 567 g/mol. The molecule has 1 aromatic heterocycles. The molecule has 0 amide bonds. The molecule has 41 heavy (non-hydrogen) atoms. The molecule has 0 aliphatic heterocycles. The lowest BCUT2D eigenvalue weighted by Crippen LogP contribution is -2.29. The first-order chi connectivity index (χ1) is 19.6. The molecule has 1 aliphatic rings. The van der Waals surface area contributed by atoms with Crippen LogP contribution in [0.1, 0.15) is 31.8 Å². The van der Waals surface area contributed by atoms with Gasteiger partial charge in [-0.3, -0.25) is 18.9 Å². The minimum Gasteiger partial charge on any atom is -0.497 e. The quantitative estimate of drug-likeness (QED) is 0.213. The van der Waals surface area contributed by atoms with Gasteiger partial charge in [0, 0.05) is 35.2 Å². The maximum absolute atomic E-state index is 14.0. The van der Waals surface area contributed by atoms with Gasteiger partial charge < -0.3 is 14.6 Å². The Hall–Kier alpha value is -5.06. The van der Waals surface area contributed by atoms with E-state index in [1.54, 1.807) is 66.7 Å². The molecule has 9 nitrogen and oxygen atoms in total. The molecule has 5 aromatic rings. The molecule has 0 radical (unpaired) electrons. The maximum Gasteiger partial charge on any atom is 0.296 e. The van der Waals surface area contributed by atoms with Crippen molar-refractivity contribution < 1.29 is 27.3 Å². The first-order valence-electron chi connectivity index (χ1n) is 12.5. The van der Waals surface area contributed by atoms with Gasteiger partial charge in [-0.15, -0.1) is 0 Å². The third kappa shape index (κ3) is 4.12. The summed E-state index contributed by atoms with van der Waals surface area (Å²) in [5, 5.41) is 3.37. The summed E-state index contributed by atoms with van der Waals surface area (Å²) in [5.74, 6) is -0.658. The molecule has 0 bridgehead atoms. The van der Waals surface area contributed by atoms with E-state index in [0.29, 0.717) is 27.6 Å². The van der Waals surface area contributed by atoms with Gasteiger partial charge in [0.2, 0.25) is 0 Å². The zero-order chi connectivity index (χ0) is 29.1. The topological polar surface area (TPSA) is 132 Å². The highest BCUT2D eigenvalue weighted by Crippen LogP contribution is 2.44. The molecule has 2 N–H and O–H groups in total. The molecule has 204 valence electrons. The minimum atomic E-state index is -4.68. The lowest BCUT2D eigenvalue weighted by atomic mass is 9.80. The van der Waals surface area contributed by atoms with Crippen molar-refractivity contribution in [2.24, 2.45) is 7.05 Å². The van der Waals surface area contributed by atoms with Crippen molar-refractivity contribution in [3.8, 4) is 16.9 Å². The van der Waals surface area contributed by atoms with Gasteiger partial charge in [-0.05, 0) is 29.8 Å². The summed E-state index contributed by atoms with van der Waals surface area (Å²) >= 11 is 0. The van der Waals surface area contributed by atoms with E-state index in [0.717, 1.165) is 6.07 Å². The number of nitrogens with zero attached hydrogens (tertiary/aromatic N) is 1. The number of carbonyl (C=O) groups excluding carboxylic acids is 2. The molecule has 0 saturated heterocycles. The standard InChI is InChI=1S/C31H22N2O7S/c1-33-23-15-14-22(32-21-13-12-18(40-2)16-24(21)41(37,38)39)26-27(23)25(19-10-6-7-11-20(19)30(26)35)28(31(33)36)29(34)17-8-4-3-5-9-17/h3-16,32H,1-2H3,(H,37,38,39). The van der Waals surface area contributed by atoms with Gasteiger partial charge in [-0.1, -0.05) is 54.6 Å². The first kappa shape index (κ1) is 26.2. The number of pyridine rings is 1. The van der Waals surface area contributed by atoms with Crippen LogP contribution >= 0.6 is 0 Å². The molecule has 4 aromatic carbocycles. The van der Waals surface area contributed by atoms with E-state index in [4.69, 9.17) is 4.74 Å². The number of hydrogen-bond donors (Lipinski definition) is 2. The van der Waals surface area contributed by atoms with E-state index in [1.807, 2.05) is 0 Å². The second kappa shape index (κ2) is 9.54. The van der Waals surface area contributed by atoms with Crippen molar-refractivity contribution >= 4 is 44.0 Å². The zero-order valence-corrected chi connectivity index (χ0v) is 22.7. The molecule has 6 rings (SSSR count). The highest BCUT2D eigenvalue weighted by atomic mass is 32.2. The maximum atomic E-state index is 14.0. The Bertz CT molecular complexity index is 2100. The molecule has 0 fully saturated rings. The molecular formula is C31H22N2O7S. The van der Waals surface area contributed by atoms with E-state index < -0.39 is 26.4 Å². The predicted molar refractivity (Wildman–Crippen MR) is 154 cm³/mol. The smallest absolute Gasteiger partial charge is 0.296 e. The van der Waals surface area contributed by atoms with Crippen LogP contribution in [0.25, 0.3) is 22.0 Å². The summed E-state index contributed by atoms with van der Waals surface area (Å²) in [6, 6.07) is 22.4. The lowest BCUT2D eigenvalue weighted by Gasteiger charge is -2.26. The van der Waals surface area contributed by atoms with E-state index in [2.05, 4.69) is 5.32 Å². The number of fused-ring (bicyclic) bond motifs is 2. The third-order valence-corrected chi connectivity index (χ3v) is 8.12. The number of anilines is 2. The Labute approximate surface area is 234 Å². The number of aromatic nitrogens is 1. The Kier molecular flexibility index (Phi) is 6.09. The molecule has 0 spiro atoms. The van der Waals surface area contributed by atoms with Gasteiger partial charge in [0.05, 0.1) is 35.1 Å². The van der Waals surface area contributed by atoms with E-state index in [1.165, 1.54) is 30.9 Å². The van der Waals surface area contributed by atoms with Gasteiger partial charge in [0.15, 0.2) is 11.6 Å². The van der Waals surface area contributed by atoms with Crippen molar-refractivity contribution in [3.63, 3.8) is 0 Å². The van der Waals surface area contributed by atoms with Crippen molar-refractivity contribution in [1.82, 2.24) is 4.57 Å². The molecular weight excluding hydrogens is 544 g/mol. The van der Waals surface area contributed by atoms with Crippen LogP contribution in [0.5, 0.6) is 5.75 Å². The predicted octanol–water partition coefficient (Wildman–Crippen LogP) is 4.98. The zero-order valence-electron chi connectivity index (χ0n) is 21.8. The monoisotopic (exact) mass is 566 g/mol. The third-order valence-electron chi connectivity index (χ3n) is 7.23. The summed E-state index contributed by atoms with van der Waals surface area (Å²) in [6.45, 7) is 0. The number of methoxy groups -OCH3 is 1. The highest BCUT2D eigenvalue weighted by Gasteiger charge is 2.34. The number of ketones is 2. The lowest BCUT2D eigenvalue weighted by molar-refractivity contribution is 0.102. The number of aryl methyl sites for hydroxylation is 1. The second-order valence-electron chi connectivity index (χ2n) is 9.53. The highest BCUT2D eigenvalue weighted by molar-refractivity contribution is 7.86. The number of carbonyl (C=O) groups is 2. The van der Waals surface area contributed by atoms with Gasteiger partial charge in [0.25, 0.3) is 15.7 Å². The number of ether oxygens (including phenoxy) is 1. The van der Waals surface area contributed by atoms with Crippen LogP contribution in [0.3, 0.4) is 0 Å². The SMILES string of the molecule is COc1ccc(Nc2ccc3c4c2C(=O)c2ccccc2-c4c(C(=O)c2ccccc2)c(=O)n3C)c(S(=O)(=O)O)c1. The van der Waals surface area contributed by atoms with Crippen LogP contribution < -0.4 is 15.6 Å². The van der Waals surface area contributed by atoms with E-state index in [-0.39, 0.29) is 39.6 Å². The van der Waals surface area contributed by atoms with Gasteiger partial charge in [-0.2, -0.15) is 8.42 Å². The van der Waals surface area contributed by atoms with Crippen molar-refractivity contribution in [1.29, 1.82) is 0 Å². The Morgan fingerprint density at radius 3 is 2.20 bits per heavy atom. The molecule has 0 saturated carbocycles. The van der Waals surface area contributed by atoms with Crippen LogP contribution in [0.15, 0.2) is 94.6 Å². The fourth-order valence-corrected chi connectivity index (χ4v) is 5.97. The number of nitrogens with one attached hydrogen (secondary N) is 1. The first-order valence-corrected chi connectivity index (χ1v) is 13.9. The summed E-state index contributed by atoms with van der Waals surface area (Å²) < 4.78 is 40.8. The molecule has 1 aliphatic carbocycles. The minimum absolute atomic E-state index is 0.00233. The van der Waals surface area contributed by atoms with Crippen molar-refractivity contribution in [2.45, 2.75) is 4.90 Å². The van der Waals surface area contributed by atoms with Gasteiger partial charge in [0.1, 0.15) is 10.6 Å². The van der Waals surface area contributed by atoms with Crippen LogP contribution in [-0.2, 0) is 17.2 Å². The molecule has 0 atom stereocenters. The fourth-order valence-electron chi connectivity index (χ4n) is 5.31. The van der Waals surface area contributed by atoms with Crippen LogP contribution in [0, 0.1) is 0 Å². The Morgan fingerprint density at radius 1 is 0.854 bits per heavy atom. The van der Waals surface area contributed by atoms with E-state index >= 15 is 0 Å². The Morgan fingerprint density at radius 2 is 1.51 bits per heavy atom. The molecule has 1 heterocycles. The number of hydrogen-bond acceptors (Lipinski definition) is 7. The number of rotatable bonds is 6. The fraction of sp³-hybridized carbons (Fsp3) is 0.0645. The second-order valence-corrected chi connectivity index (χ2v) is 10.9. The van der Waals surface area contributed by atoms with E-state index in [9.17, 15) is 27.4 Å².